The van der Waals surface area contributed by atoms with Crippen molar-refractivity contribution in [2.45, 2.75) is 13.3 Å². The molecule has 0 aliphatic carbocycles. The van der Waals surface area contributed by atoms with Crippen LogP contribution in [0.4, 0.5) is 5.82 Å². The number of nitrogens with two attached hydrogens (primary N) is 1. The summed E-state index contributed by atoms with van der Waals surface area (Å²) in [5.41, 5.74) is 8.26. The van der Waals surface area contributed by atoms with Gasteiger partial charge in [0.25, 0.3) is 0 Å². The molecule has 3 rings (SSSR count). The van der Waals surface area contributed by atoms with E-state index in [1.54, 1.807) is 18.4 Å². The number of nitrogen functional groups attached to an aromatic ring is 1. The largest absolute Gasteiger partial charge is 0.469 e. The molecule has 21 heavy (non-hydrogen) atoms. The smallest absolute Gasteiger partial charge is 0.180 e. The second-order valence-corrected chi connectivity index (χ2v) is 5.33. The third-order valence-electron chi connectivity index (χ3n) is 3.24. The number of benzene rings is 1. The highest BCUT2D eigenvalue weighted by Crippen LogP contribution is 2.40. The van der Waals surface area contributed by atoms with Crippen LogP contribution in [0, 0.1) is 0 Å². The topological polar surface area (TPSA) is 65.2 Å². The first kappa shape index (κ1) is 14.0. The Morgan fingerprint density at radius 1 is 1.19 bits per heavy atom. The third kappa shape index (κ3) is 2.41. The van der Waals surface area contributed by atoms with Gasteiger partial charge in [-0.15, -0.1) is 0 Å². The molecule has 1 aromatic carbocycles. The summed E-state index contributed by atoms with van der Waals surface area (Å²) in [4.78, 5) is 0. The highest BCUT2D eigenvalue weighted by Gasteiger charge is 2.21. The molecule has 0 radical (unpaired) electrons. The van der Waals surface area contributed by atoms with E-state index in [9.17, 15) is 0 Å². The highest BCUT2D eigenvalue weighted by molar-refractivity contribution is 6.42. The van der Waals surface area contributed by atoms with E-state index in [4.69, 9.17) is 37.9 Å². The summed E-state index contributed by atoms with van der Waals surface area (Å²) in [5, 5.41) is 4.79. The standard InChI is InChI=1S/C15H12Cl2N2O2/c1-2-12-9(5-6-20-12)14-13(15(18)19-21-14)8-3-4-10(16)11(17)7-8/h3-7H,2H2,1H3,(H2,18,19). The molecule has 0 spiro atoms. The molecule has 0 saturated heterocycles. The van der Waals surface area contributed by atoms with Gasteiger partial charge in [0.2, 0.25) is 0 Å². The minimum atomic E-state index is 0.298. The van der Waals surface area contributed by atoms with Crippen LogP contribution >= 0.6 is 23.2 Å². The number of rotatable bonds is 3. The van der Waals surface area contributed by atoms with Gasteiger partial charge in [0.15, 0.2) is 11.6 Å². The van der Waals surface area contributed by atoms with E-state index in [2.05, 4.69) is 5.16 Å². The van der Waals surface area contributed by atoms with E-state index < -0.39 is 0 Å². The van der Waals surface area contributed by atoms with Gasteiger partial charge in [0.1, 0.15) is 5.76 Å². The Labute approximate surface area is 131 Å². The van der Waals surface area contributed by atoms with Crippen molar-refractivity contribution in [3.05, 3.63) is 46.3 Å². The van der Waals surface area contributed by atoms with E-state index in [1.165, 1.54) is 0 Å². The number of nitrogens with zero attached hydrogens (tertiary/aromatic N) is 1. The maximum atomic E-state index is 6.08. The van der Waals surface area contributed by atoms with Gasteiger partial charge in [0, 0.05) is 6.42 Å². The Morgan fingerprint density at radius 2 is 2.00 bits per heavy atom. The summed E-state index contributed by atoms with van der Waals surface area (Å²) < 4.78 is 10.8. The van der Waals surface area contributed by atoms with Gasteiger partial charge in [-0.1, -0.05) is 41.3 Å². The van der Waals surface area contributed by atoms with E-state index in [0.717, 1.165) is 23.3 Å². The van der Waals surface area contributed by atoms with Crippen LogP contribution < -0.4 is 5.73 Å². The Balaban J connectivity index is 2.19. The first-order chi connectivity index (χ1) is 10.1. The lowest BCUT2D eigenvalue weighted by Crippen LogP contribution is -1.89. The Hall–Kier alpha value is -1.91. The highest BCUT2D eigenvalue weighted by atomic mass is 35.5. The lowest BCUT2D eigenvalue weighted by atomic mass is 10.0. The van der Waals surface area contributed by atoms with Crippen molar-refractivity contribution in [1.82, 2.24) is 5.16 Å². The summed E-state index contributed by atoms with van der Waals surface area (Å²) in [7, 11) is 0. The third-order valence-corrected chi connectivity index (χ3v) is 3.98. The van der Waals surface area contributed by atoms with Crippen molar-refractivity contribution in [3.8, 4) is 22.5 Å². The van der Waals surface area contributed by atoms with Gasteiger partial charge in [-0.3, -0.25) is 0 Å². The molecular weight excluding hydrogens is 311 g/mol. The van der Waals surface area contributed by atoms with E-state index >= 15 is 0 Å². The van der Waals surface area contributed by atoms with Crippen LogP contribution in [0.1, 0.15) is 12.7 Å². The van der Waals surface area contributed by atoms with Crippen LogP contribution in [0.25, 0.3) is 22.5 Å². The number of hydrogen-bond donors (Lipinski definition) is 1. The van der Waals surface area contributed by atoms with Gasteiger partial charge in [-0.25, -0.2) is 0 Å². The van der Waals surface area contributed by atoms with Gasteiger partial charge in [0.05, 0.1) is 27.4 Å². The summed E-state index contributed by atoms with van der Waals surface area (Å²) >= 11 is 12.0. The van der Waals surface area contributed by atoms with Crippen LogP contribution in [0.15, 0.2) is 39.5 Å². The summed E-state index contributed by atoms with van der Waals surface area (Å²) in [6.07, 6.45) is 2.36. The molecule has 0 saturated carbocycles. The van der Waals surface area contributed by atoms with Crippen molar-refractivity contribution >= 4 is 29.0 Å². The molecule has 0 unspecified atom stereocenters. The Morgan fingerprint density at radius 3 is 2.71 bits per heavy atom. The summed E-state index contributed by atoms with van der Waals surface area (Å²) in [6, 6.07) is 7.11. The van der Waals surface area contributed by atoms with Crippen LogP contribution in [-0.2, 0) is 6.42 Å². The fraction of sp³-hybridized carbons (Fsp3) is 0.133. The number of hydrogen-bond acceptors (Lipinski definition) is 4. The molecule has 108 valence electrons. The van der Waals surface area contributed by atoms with Gasteiger partial charge in [-0.2, -0.15) is 0 Å². The molecule has 0 aliphatic heterocycles. The van der Waals surface area contributed by atoms with E-state index in [1.807, 2.05) is 19.1 Å². The van der Waals surface area contributed by atoms with Crippen molar-refractivity contribution < 1.29 is 8.94 Å². The zero-order valence-electron chi connectivity index (χ0n) is 11.2. The SMILES string of the molecule is CCc1occc1-c1onc(N)c1-c1ccc(Cl)c(Cl)c1. The first-order valence-electron chi connectivity index (χ1n) is 6.39. The fourth-order valence-corrected chi connectivity index (χ4v) is 2.53. The number of aromatic nitrogens is 1. The molecule has 0 bridgehead atoms. The molecule has 0 fully saturated rings. The molecular formula is C15H12Cl2N2O2. The molecule has 2 heterocycles. The summed E-state index contributed by atoms with van der Waals surface area (Å²) in [5.74, 6) is 1.68. The monoisotopic (exact) mass is 322 g/mol. The van der Waals surface area contributed by atoms with Gasteiger partial charge >= 0.3 is 0 Å². The first-order valence-corrected chi connectivity index (χ1v) is 7.14. The lowest BCUT2D eigenvalue weighted by Gasteiger charge is -2.04. The minimum absolute atomic E-state index is 0.298. The van der Waals surface area contributed by atoms with Crippen molar-refractivity contribution in [3.63, 3.8) is 0 Å². The van der Waals surface area contributed by atoms with Gasteiger partial charge in [-0.05, 0) is 23.8 Å². The van der Waals surface area contributed by atoms with Crippen LogP contribution in [0.3, 0.4) is 0 Å². The fourth-order valence-electron chi connectivity index (χ4n) is 2.23. The quantitative estimate of drug-likeness (QED) is 0.732. The maximum Gasteiger partial charge on any atom is 0.180 e. The number of halogens is 2. The lowest BCUT2D eigenvalue weighted by molar-refractivity contribution is 0.433. The second kappa shape index (κ2) is 5.47. The number of furan rings is 1. The summed E-state index contributed by atoms with van der Waals surface area (Å²) in [6.45, 7) is 2.00. The van der Waals surface area contributed by atoms with Crippen LogP contribution in [-0.4, -0.2) is 5.16 Å². The van der Waals surface area contributed by atoms with E-state index in [0.29, 0.717) is 27.2 Å². The van der Waals surface area contributed by atoms with Crippen molar-refractivity contribution in [1.29, 1.82) is 0 Å². The van der Waals surface area contributed by atoms with Crippen molar-refractivity contribution in [2.24, 2.45) is 0 Å². The Bertz CT molecular complexity index is 793. The normalized spacial score (nSPS) is 11.0. The number of anilines is 1. The molecule has 2 aromatic heterocycles. The minimum Gasteiger partial charge on any atom is -0.469 e. The average Bonchev–Trinajstić information content (AvgIpc) is 3.07. The molecule has 6 heteroatoms. The van der Waals surface area contributed by atoms with Gasteiger partial charge < -0.3 is 14.7 Å². The van der Waals surface area contributed by atoms with E-state index in [-0.39, 0.29) is 0 Å². The zero-order chi connectivity index (χ0) is 15.0. The molecule has 0 amide bonds. The molecule has 3 aromatic rings. The maximum absolute atomic E-state index is 6.08. The predicted molar refractivity (Wildman–Crippen MR) is 83.5 cm³/mol. The van der Waals surface area contributed by atoms with Crippen molar-refractivity contribution in [2.75, 3.05) is 5.73 Å². The number of aryl methyl sites for hydroxylation is 1. The second-order valence-electron chi connectivity index (χ2n) is 4.51. The van der Waals surface area contributed by atoms with Crippen LogP contribution in [0.2, 0.25) is 10.0 Å². The van der Waals surface area contributed by atoms with Crippen LogP contribution in [0.5, 0.6) is 0 Å². The molecule has 0 aliphatic rings. The molecule has 4 nitrogen and oxygen atoms in total. The Kier molecular flexibility index (Phi) is 3.66. The molecule has 2 N–H and O–H groups in total. The zero-order valence-corrected chi connectivity index (χ0v) is 12.7. The predicted octanol–water partition coefficient (Wildman–Crippen LogP) is 5.05. The average molecular weight is 323 g/mol. The molecule has 0 atom stereocenters.